The molecule has 3 heteroatoms. The summed E-state index contributed by atoms with van der Waals surface area (Å²) in [6.45, 7) is 0. The molecule has 0 bridgehead atoms. The van der Waals surface area contributed by atoms with Gasteiger partial charge in [-0.15, -0.1) is 0 Å². The minimum absolute atomic E-state index is 0.902. The maximum atomic E-state index is 6.45. The summed E-state index contributed by atoms with van der Waals surface area (Å²) in [4.78, 5) is 2.36. The van der Waals surface area contributed by atoms with E-state index in [1.807, 2.05) is 12.1 Å². The van der Waals surface area contributed by atoms with Crippen LogP contribution in [-0.2, 0) is 0 Å². The van der Waals surface area contributed by atoms with Crippen molar-refractivity contribution in [3.63, 3.8) is 0 Å². The van der Waals surface area contributed by atoms with Crippen molar-refractivity contribution in [3.05, 3.63) is 231 Å². The zero-order valence-corrected chi connectivity index (χ0v) is 33.2. The Morgan fingerprint density at radius 3 is 1.70 bits per heavy atom. The van der Waals surface area contributed by atoms with Gasteiger partial charge < -0.3 is 13.9 Å². The van der Waals surface area contributed by atoms with Gasteiger partial charge in [-0.1, -0.05) is 170 Å². The molecule has 0 saturated heterocycles. The Morgan fingerprint density at radius 2 is 0.918 bits per heavy atom. The van der Waals surface area contributed by atoms with Crippen LogP contribution in [0.25, 0.3) is 93.6 Å². The molecular weight excluding hydrogens is 741 g/mol. The number of rotatable bonds is 7. The molecule has 2 aromatic heterocycles. The molecular formula is C58H38N2O. The lowest BCUT2D eigenvalue weighted by atomic mass is 9.97. The van der Waals surface area contributed by atoms with Crippen LogP contribution in [0, 0.1) is 0 Å². The standard InChI is InChI=1S/C58H38N2O/c1-3-14-39(15-4-1)40-28-33-44(34-29-40)59(45-35-30-43(31-36-45)50-24-12-25-52-51-22-9-10-27-55(51)61-58(50)52)46-19-11-20-47(38-46)60-53-26-13-23-49(41-16-5-2-6-17-41)56(53)57-48-21-8-7-18-42(48)32-37-54(57)60/h1-38H. The molecule has 0 unspecified atom stereocenters. The van der Waals surface area contributed by atoms with Crippen molar-refractivity contribution in [1.82, 2.24) is 4.57 Å². The van der Waals surface area contributed by atoms with E-state index in [0.717, 1.165) is 55.8 Å². The van der Waals surface area contributed by atoms with E-state index < -0.39 is 0 Å². The lowest BCUT2D eigenvalue weighted by Gasteiger charge is -2.26. The Labute approximate surface area is 353 Å². The summed E-state index contributed by atoms with van der Waals surface area (Å²) in [5, 5.41) is 7.27. The summed E-state index contributed by atoms with van der Waals surface area (Å²) in [7, 11) is 0. The van der Waals surface area contributed by atoms with Crippen molar-refractivity contribution >= 4 is 71.6 Å². The Bertz CT molecular complexity index is 3560. The number of benzene rings is 10. The van der Waals surface area contributed by atoms with E-state index in [0.29, 0.717) is 0 Å². The van der Waals surface area contributed by atoms with Crippen LogP contribution in [0.2, 0.25) is 0 Å². The molecule has 0 aliphatic rings. The van der Waals surface area contributed by atoms with E-state index in [4.69, 9.17) is 4.42 Å². The van der Waals surface area contributed by atoms with Crippen LogP contribution in [0.4, 0.5) is 17.1 Å². The normalized spacial score (nSPS) is 11.6. The SMILES string of the molecule is c1ccc(-c2ccc(N(c3ccc(-c4cccc5c4oc4ccccc45)cc3)c3cccc(-n4c5cccc(-c6ccccc6)c5c5c6ccccc6ccc54)c3)cc2)cc1. The quantitative estimate of drug-likeness (QED) is 0.161. The average Bonchev–Trinajstić information content (AvgIpc) is 3.89. The number of hydrogen-bond donors (Lipinski definition) is 0. The maximum absolute atomic E-state index is 6.45. The molecule has 0 radical (unpaired) electrons. The van der Waals surface area contributed by atoms with Crippen molar-refractivity contribution < 1.29 is 4.42 Å². The van der Waals surface area contributed by atoms with Gasteiger partial charge in [-0.3, -0.25) is 0 Å². The molecule has 12 aromatic rings. The summed E-state index contributed by atoms with van der Waals surface area (Å²) in [5.41, 5.74) is 15.4. The van der Waals surface area contributed by atoms with Crippen LogP contribution in [-0.4, -0.2) is 4.57 Å². The number of aromatic nitrogens is 1. The van der Waals surface area contributed by atoms with E-state index >= 15 is 0 Å². The van der Waals surface area contributed by atoms with Crippen molar-refractivity contribution in [2.45, 2.75) is 0 Å². The molecule has 12 rings (SSSR count). The first kappa shape index (κ1) is 34.9. The first-order chi connectivity index (χ1) is 30.3. The van der Waals surface area contributed by atoms with E-state index in [2.05, 4.69) is 228 Å². The van der Waals surface area contributed by atoms with Gasteiger partial charge in [0.15, 0.2) is 0 Å². The number of fused-ring (bicyclic) bond motifs is 8. The smallest absolute Gasteiger partial charge is 0.143 e. The Hall–Kier alpha value is -8.14. The Balaban J connectivity index is 1.04. The van der Waals surface area contributed by atoms with Crippen molar-refractivity contribution in [2.75, 3.05) is 4.90 Å². The predicted octanol–water partition coefficient (Wildman–Crippen LogP) is 16.3. The van der Waals surface area contributed by atoms with Gasteiger partial charge in [0.25, 0.3) is 0 Å². The molecule has 10 aromatic carbocycles. The van der Waals surface area contributed by atoms with Crippen molar-refractivity contribution in [3.8, 4) is 39.1 Å². The first-order valence-electron chi connectivity index (χ1n) is 20.8. The van der Waals surface area contributed by atoms with Crippen LogP contribution in [0.5, 0.6) is 0 Å². The highest BCUT2D eigenvalue weighted by atomic mass is 16.3. The third-order valence-electron chi connectivity index (χ3n) is 12.2. The second kappa shape index (κ2) is 14.3. The fraction of sp³-hybridized carbons (Fsp3) is 0. The lowest BCUT2D eigenvalue weighted by Crippen LogP contribution is -2.10. The zero-order chi connectivity index (χ0) is 40.3. The Kier molecular flexibility index (Phi) is 8.17. The second-order valence-corrected chi connectivity index (χ2v) is 15.7. The van der Waals surface area contributed by atoms with Crippen LogP contribution in [0.1, 0.15) is 0 Å². The number of furan rings is 1. The van der Waals surface area contributed by atoms with Gasteiger partial charge in [0.05, 0.1) is 11.0 Å². The highest BCUT2D eigenvalue weighted by Gasteiger charge is 2.21. The molecule has 0 spiro atoms. The first-order valence-corrected chi connectivity index (χ1v) is 20.8. The fourth-order valence-electron chi connectivity index (χ4n) is 9.38. The zero-order valence-electron chi connectivity index (χ0n) is 33.2. The van der Waals surface area contributed by atoms with Crippen molar-refractivity contribution in [1.29, 1.82) is 0 Å². The minimum Gasteiger partial charge on any atom is -0.455 e. The molecule has 0 amide bonds. The van der Waals surface area contributed by atoms with Crippen LogP contribution < -0.4 is 4.90 Å². The van der Waals surface area contributed by atoms with Crippen LogP contribution in [0.3, 0.4) is 0 Å². The molecule has 0 N–H and O–H groups in total. The third kappa shape index (κ3) is 5.82. The Morgan fingerprint density at radius 1 is 0.344 bits per heavy atom. The monoisotopic (exact) mass is 778 g/mol. The van der Waals surface area contributed by atoms with E-state index in [9.17, 15) is 0 Å². The van der Waals surface area contributed by atoms with Gasteiger partial charge in [-0.05, 0) is 99.3 Å². The van der Waals surface area contributed by atoms with Gasteiger partial charge in [0.2, 0.25) is 0 Å². The molecule has 0 saturated carbocycles. The lowest BCUT2D eigenvalue weighted by molar-refractivity contribution is 0.670. The van der Waals surface area contributed by atoms with Crippen LogP contribution >= 0.6 is 0 Å². The number of para-hydroxylation sites is 2. The molecule has 61 heavy (non-hydrogen) atoms. The summed E-state index contributed by atoms with van der Waals surface area (Å²) in [6, 6.07) is 82.9. The summed E-state index contributed by atoms with van der Waals surface area (Å²) in [6.07, 6.45) is 0. The van der Waals surface area contributed by atoms with Gasteiger partial charge in [-0.2, -0.15) is 0 Å². The third-order valence-corrected chi connectivity index (χ3v) is 12.2. The van der Waals surface area contributed by atoms with Gasteiger partial charge in [0.1, 0.15) is 11.2 Å². The summed E-state index contributed by atoms with van der Waals surface area (Å²) >= 11 is 0. The van der Waals surface area contributed by atoms with E-state index in [1.165, 1.54) is 54.8 Å². The number of nitrogens with zero attached hydrogens (tertiary/aromatic N) is 2. The molecule has 0 aliphatic carbocycles. The van der Waals surface area contributed by atoms with Gasteiger partial charge >= 0.3 is 0 Å². The van der Waals surface area contributed by atoms with E-state index in [1.54, 1.807) is 0 Å². The number of anilines is 3. The van der Waals surface area contributed by atoms with Crippen LogP contribution in [0.15, 0.2) is 235 Å². The van der Waals surface area contributed by atoms with E-state index in [-0.39, 0.29) is 0 Å². The maximum Gasteiger partial charge on any atom is 0.143 e. The second-order valence-electron chi connectivity index (χ2n) is 15.7. The largest absolute Gasteiger partial charge is 0.455 e. The average molecular weight is 779 g/mol. The topological polar surface area (TPSA) is 21.3 Å². The number of hydrogen-bond acceptors (Lipinski definition) is 2. The molecule has 2 heterocycles. The van der Waals surface area contributed by atoms with Crippen molar-refractivity contribution in [2.24, 2.45) is 0 Å². The van der Waals surface area contributed by atoms with Gasteiger partial charge in [0, 0.05) is 49.9 Å². The summed E-state index contributed by atoms with van der Waals surface area (Å²) in [5.74, 6) is 0. The van der Waals surface area contributed by atoms with Gasteiger partial charge in [-0.25, -0.2) is 0 Å². The predicted molar refractivity (Wildman–Crippen MR) is 257 cm³/mol. The molecule has 286 valence electrons. The fourth-order valence-corrected chi connectivity index (χ4v) is 9.38. The molecule has 0 aliphatic heterocycles. The molecule has 3 nitrogen and oxygen atoms in total. The molecule has 0 atom stereocenters. The highest BCUT2D eigenvalue weighted by Crippen LogP contribution is 2.44. The minimum atomic E-state index is 0.902. The molecule has 0 fully saturated rings. The summed E-state index contributed by atoms with van der Waals surface area (Å²) < 4.78 is 8.90. The highest BCUT2D eigenvalue weighted by molar-refractivity contribution is 6.25.